The lowest BCUT2D eigenvalue weighted by atomic mass is 10.1. The Balaban J connectivity index is 1.90. The largest absolute Gasteiger partial charge is 0.383 e. The van der Waals surface area contributed by atoms with Gasteiger partial charge in [0.15, 0.2) is 0 Å². The number of amides is 1. The van der Waals surface area contributed by atoms with E-state index in [1.807, 2.05) is 29.3 Å². The second-order valence-electron chi connectivity index (χ2n) is 6.96. The molecule has 0 saturated carbocycles. The monoisotopic (exact) mass is 329 g/mol. The zero-order valence-electron chi connectivity index (χ0n) is 15.0. The lowest BCUT2D eigenvalue weighted by Gasteiger charge is -2.22. The van der Waals surface area contributed by atoms with E-state index in [1.165, 1.54) is 0 Å². The number of rotatable bonds is 5. The van der Waals surface area contributed by atoms with Crippen LogP contribution in [0.25, 0.3) is 10.9 Å². The highest BCUT2D eigenvalue weighted by Gasteiger charge is 2.34. The molecule has 1 aromatic carbocycles. The van der Waals surface area contributed by atoms with E-state index in [2.05, 4.69) is 36.6 Å². The number of ether oxygens (including phenoxy) is 1. The van der Waals surface area contributed by atoms with Crippen molar-refractivity contribution in [1.29, 1.82) is 0 Å². The summed E-state index contributed by atoms with van der Waals surface area (Å²) in [4.78, 5) is 17.3. The summed E-state index contributed by atoms with van der Waals surface area (Å²) in [7, 11) is 5.88. The van der Waals surface area contributed by atoms with E-state index in [1.54, 1.807) is 7.11 Å². The minimum atomic E-state index is 0.138. The molecular weight excluding hydrogens is 302 g/mol. The number of aromatic nitrogens is 1. The van der Waals surface area contributed by atoms with E-state index in [-0.39, 0.29) is 5.91 Å². The van der Waals surface area contributed by atoms with E-state index >= 15 is 0 Å². The van der Waals surface area contributed by atoms with Crippen LogP contribution < -0.4 is 0 Å². The van der Waals surface area contributed by atoms with Crippen LogP contribution in [0.3, 0.4) is 0 Å². The van der Waals surface area contributed by atoms with Gasteiger partial charge in [-0.3, -0.25) is 4.79 Å². The van der Waals surface area contributed by atoms with Crippen LogP contribution in [-0.2, 0) is 11.3 Å². The Bertz CT molecular complexity index is 722. The van der Waals surface area contributed by atoms with Gasteiger partial charge in [0.2, 0.25) is 0 Å². The van der Waals surface area contributed by atoms with Gasteiger partial charge in [0.25, 0.3) is 5.91 Å². The third-order valence-corrected chi connectivity index (χ3v) is 5.08. The number of fused-ring (bicyclic) bond motifs is 1. The highest BCUT2D eigenvalue weighted by Crippen LogP contribution is 2.26. The van der Waals surface area contributed by atoms with Gasteiger partial charge in [-0.2, -0.15) is 0 Å². The highest BCUT2D eigenvalue weighted by atomic mass is 16.5. The van der Waals surface area contributed by atoms with Crippen LogP contribution in [-0.4, -0.2) is 67.2 Å². The van der Waals surface area contributed by atoms with Crippen LogP contribution in [0.2, 0.25) is 0 Å². The minimum Gasteiger partial charge on any atom is -0.383 e. The molecule has 0 radical (unpaired) electrons. The van der Waals surface area contributed by atoms with Crippen LogP contribution in [0.1, 0.15) is 17.3 Å². The lowest BCUT2D eigenvalue weighted by molar-refractivity contribution is 0.0783. The van der Waals surface area contributed by atoms with Crippen LogP contribution >= 0.6 is 0 Å². The number of likely N-dealkylation sites (N-methyl/N-ethyl adjacent to an activating group) is 1. The summed E-state index contributed by atoms with van der Waals surface area (Å²) in [5.74, 6) is 0.629. The molecule has 130 valence electrons. The van der Waals surface area contributed by atoms with Crippen molar-refractivity contribution in [3.63, 3.8) is 0 Å². The van der Waals surface area contributed by atoms with Crippen LogP contribution in [0.15, 0.2) is 30.5 Å². The number of hydrogen-bond donors (Lipinski definition) is 0. The molecule has 1 aliphatic heterocycles. The molecule has 1 saturated heterocycles. The van der Waals surface area contributed by atoms with E-state index in [9.17, 15) is 4.79 Å². The number of carbonyl (C=O) groups is 1. The standard InChI is InChI=1S/C19H27N3O2/c1-14-11-22(13-18(14)20(2)3)19(23)16-12-21(9-10-24-4)17-8-6-5-7-15(16)17/h5-8,12,14,18H,9-11,13H2,1-4H3/t14-,18+/m0/s1. The van der Waals surface area contributed by atoms with Crippen LogP contribution in [0.4, 0.5) is 0 Å². The molecule has 2 heterocycles. The first-order valence-corrected chi connectivity index (χ1v) is 8.55. The molecule has 1 amide bonds. The Morgan fingerprint density at radius 2 is 2.04 bits per heavy atom. The molecule has 3 rings (SSSR count). The summed E-state index contributed by atoms with van der Waals surface area (Å²) < 4.78 is 7.32. The van der Waals surface area contributed by atoms with E-state index in [4.69, 9.17) is 4.74 Å². The van der Waals surface area contributed by atoms with Gasteiger partial charge >= 0.3 is 0 Å². The number of benzene rings is 1. The Kier molecular flexibility index (Phi) is 4.92. The third kappa shape index (κ3) is 3.06. The van der Waals surface area contributed by atoms with Crippen molar-refractivity contribution in [2.24, 2.45) is 5.92 Å². The molecule has 0 unspecified atom stereocenters. The predicted molar refractivity (Wildman–Crippen MR) is 96.4 cm³/mol. The van der Waals surface area contributed by atoms with Gasteiger partial charge in [0, 0.05) is 49.9 Å². The number of para-hydroxylation sites is 1. The quantitative estimate of drug-likeness (QED) is 0.845. The highest BCUT2D eigenvalue weighted by molar-refractivity contribution is 6.07. The number of carbonyl (C=O) groups excluding carboxylic acids is 1. The zero-order chi connectivity index (χ0) is 17.3. The molecule has 2 atom stereocenters. The molecule has 0 N–H and O–H groups in total. The molecule has 0 bridgehead atoms. The number of nitrogens with zero attached hydrogens (tertiary/aromatic N) is 3. The Hall–Kier alpha value is -1.85. The molecule has 2 aromatic rings. The summed E-state index contributed by atoms with van der Waals surface area (Å²) in [6, 6.07) is 8.54. The summed E-state index contributed by atoms with van der Waals surface area (Å²) in [6.07, 6.45) is 1.99. The second kappa shape index (κ2) is 6.95. The first-order chi connectivity index (χ1) is 11.5. The SMILES string of the molecule is COCCn1cc(C(=O)N2C[C@@H](N(C)C)[C@@H](C)C2)c2ccccc21. The first-order valence-electron chi connectivity index (χ1n) is 8.55. The maximum absolute atomic E-state index is 13.1. The third-order valence-electron chi connectivity index (χ3n) is 5.08. The van der Waals surface area contributed by atoms with Gasteiger partial charge in [-0.25, -0.2) is 0 Å². The number of likely N-dealkylation sites (tertiary alicyclic amines) is 1. The molecular formula is C19H27N3O2. The summed E-state index contributed by atoms with van der Waals surface area (Å²) >= 11 is 0. The Morgan fingerprint density at radius 3 is 2.71 bits per heavy atom. The molecule has 0 aliphatic carbocycles. The second-order valence-corrected chi connectivity index (χ2v) is 6.96. The van der Waals surface area contributed by atoms with Gasteiger partial charge in [-0.1, -0.05) is 25.1 Å². The number of hydrogen-bond acceptors (Lipinski definition) is 3. The van der Waals surface area contributed by atoms with Crippen molar-refractivity contribution >= 4 is 16.8 Å². The van der Waals surface area contributed by atoms with E-state index in [0.717, 1.165) is 36.1 Å². The average molecular weight is 329 g/mol. The first kappa shape index (κ1) is 17.0. The molecule has 24 heavy (non-hydrogen) atoms. The fourth-order valence-electron chi connectivity index (χ4n) is 3.75. The fourth-order valence-corrected chi connectivity index (χ4v) is 3.75. The molecule has 1 fully saturated rings. The zero-order valence-corrected chi connectivity index (χ0v) is 15.0. The topological polar surface area (TPSA) is 37.7 Å². The fraction of sp³-hybridized carbons (Fsp3) is 0.526. The molecule has 5 nitrogen and oxygen atoms in total. The molecule has 0 spiro atoms. The van der Waals surface area contributed by atoms with Crippen molar-refractivity contribution in [1.82, 2.24) is 14.4 Å². The molecule has 5 heteroatoms. The lowest BCUT2D eigenvalue weighted by Crippen LogP contribution is -2.35. The molecule has 1 aliphatic rings. The Morgan fingerprint density at radius 1 is 1.29 bits per heavy atom. The van der Waals surface area contributed by atoms with Gasteiger partial charge in [0.05, 0.1) is 12.2 Å². The average Bonchev–Trinajstić information content (AvgIpc) is 3.13. The van der Waals surface area contributed by atoms with Gasteiger partial charge < -0.3 is 19.1 Å². The van der Waals surface area contributed by atoms with Crippen LogP contribution in [0, 0.1) is 5.92 Å². The summed E-state index contributed by atoms with van der Waals surface area (Å²) in [6.45, 7) is 5.22. The summed E-state index contributed by atoms with van der Waals surface area (Å²) in [5.41, 5.74) is 1.89. The van der Waals surface area contributed by atoms with E-state index in [0.29, 0.717) is 18.6 Å². The normalized spacial score (nSPS) is 21.1. The Labute approximate surface area is 143 Å². The minimum absolute atomic E-state index is 0.138. The van der Waals surface area contributed by atoms with Crippen molar-refractivity contribution in [3.05, 3.63) is 36.0 Å². The smallest absolute Gasteiger partial charge is 0.256 e. The van der Waals surface area contributed by atoms with Crippen molar-refractivity contribution in [3.8, 4) is 0 Å². The van der Waals surface area contributed by atoms with Crippen molar-refractivity contribution in [2.75, 3.05) is 40.9 Å². The van der Waals surface area contributed by atoms with Gasteiger partial charge in [0.1, 0.15) is 0 Å². The van der Waals surface area contributed by atoms with Gasteiger partial charge in [-0.15, -0.1) is 0 Å². The van der Waals surface area contributed by atoms with E-state index < -0.39 is 0 Å². The molecule has 1 aromatic heterocycles. The summed E-state index contributed by atoms with van der Waals surface area (Å²) in [5, 5.41) is 1.03. The van der Waals surface area contributed by atoms with Crippen molar-refractivity contribution < 1.29 is 9.53 Å². The number of methoxy groups -OCH3 is 1. The van der Waals surface area contributed by atoms with Gasteiger partial charge in [-0.05, 0) is 26.1 Å². The predicted octanol–water partition coefficient (Wildman–Crippen LogP) is 2.31. The van der Waals surface area contributed by atoms with Crippen LogP contribution in [0.5, 0.6) is 0 Å². The maximum Gasteiger partial charge on any atom is 0.256 e. The maximum atomic E-state index is 13.1. The van der Waals surface area contributed by atoms with Crippen molar-refractivity contribution in [2.45, 2.75) is 19.5 Å².